The number of hydrogen-bond donors (Lipinski definition) is 0. The number of ether oxygens (including phenoxy) is 4. The van der Waals surface area contributed by atoms with E-state index in [-0.39, 0.29) is 32.7 Å². The summed E-state index contributed by atoms with van der Waals surface area (Å²) >= 11 is 3.21. The Hall–Kier alpha value is -3.99. The van der Waals surface area contributed by atoms with Gasteiger partial charge in [0, 0.05) is 39.3 Å². The highest BCUT2D eigenvalue weighted by Gasteiger charge is 2.27. The Morgan fingerprint density at radius 2 is 1.29 bits per heavy atom. The summed E-state index contributed by atoms with van der Waals surface area (Å²) in [5.41, 5.74) is -0.330. The molecule has 0 radical (unpaired) electrons. The molecule has 0 atom stereocenters. The Morgan fingerprint density at radius 1 is 0.765 bits per heavy atom. The first kappa shape index (κ1) is 24.6. The van der Waals surface area contributed by atoms with Gasteiger partial charge in [-0.15, -0.1) is 0 Å². The first-order chi connectivity index (χ1) is 16.0. The number of benzene rings is 2. The second-order valence-electron chi connectivity index (χ2n) is 6.88. The third-order valence-corrected chi connectivity index (χ3v) is 4.85. The molecule has 0 saturated carbocycles. The molecule has 0 fully saturated rings. The molecule has 3 aromatic rings. The Balaban J connectivity index is 2.33. The van der Waals surface area contributed by atoms with Crippen molar-refractivity contribution >= 4 is 50.8 Å². The van der Waals surface area contributed by atoms with Gasteiger partial charge in [0.1, 0.15) is 21.2 Å². The molecule has 176 valence electrons. The Kier molecular flexibility index (Phi) is 7.16. The zero-order valence-corrected chi connectivity index (χ0v) is 19.9. The molecule has 34 heavy (non-hydrogen) atoms. The molecule has 0 aliphatic carbocycles. The van der Waals surface area contributed by atoms with Gasteiger partial charge in [0.25, 0.3) is 0 Å². The van der Waals surface area contributed by atoms with Crippen LogP contribution in [0.1, 0.15) is 27.7 Å². The molecule has 10 nitrogen and oxygen atoms in total. The van der Waals surface area contributed by atoms with E-state index in [2.05, 4.69) is 15.9 Å². The van der Waals surface area contributed by atoms with Crippen LogP contribution in [0.2, 0.25) is 0 Å². The molecule has 0 unspecified atom stereocenters. The molecule has 0 saturated heterocycles. The lowest BCUT2D eigenvalue weighted by atomic mass is 10.1. The maximum atomic E-state index is 13.3. The standard InChI is InChI=1S/C23H17BrO10/c1-10(25)30-15-7-5-14(6-8-15)21-19(24)20(29)18-16(34-21)9-17(31-11(2)26)22(32-12(3)27)23(18)33-13(4)28/h5-9H,1-4H3. The minimum atomic E-state index is -0.824. The van der Waals surface area contributed by atoms with Gasteiger partial charge in [0.05, 0.1) is 0 Å². The fourth-order valence-corrected chi connectivity index (χ4v) is 3.50. The predicted octanol–water partition coefficient (Wildman–Crippen LogP) is 3.92. The number of rotatable bonds is 5. The molecular formula is C23H17BrO10. The van der Waals surface area contributed by atoms with Gasteiger partial charge in [-0.25, -0.2) is 0 Å². The Labute approximate surface area is 200 Å². The summed E-state index contributed by atoms with van der Waals surface area (Å²) in [4.78, 5) is 59.5. The molecule has 0 N–H and O–H groups in total. The van der Waals surface area contributed by atoms with Crippen LogP contribution in [-0.4, -0.2) is 23.9 Å². The van der Waals surface area contributed by atoms with Crippen molar-refractivity contribution in [2.45, 2.75) is 27.7 Å². The van der Waals surface area contributed by atoms with E-state index < -0.39 is 40.8 Å². The van der Waals surface area contributed by atoms with Crippen molar-refractivity contribution in [3.63, 3.8) is 0 Å². The van der Waals surface area contributed by atoms with Crippen molar-refractivity contribution in [2.75, 3.05) is 0 Å². The van der Waals surface area contributed by atoms with E-state index in [4.69, 9.17) is 23.4 Å². The second-order valence-corrected chi connectivity index (χ2v) is 7.67. The van der Waals surface area contributed by atoms with Crippen molar-refractivity contribution in [3.8, 4) is 34.3 Å². The number of carbonyl (C=O) groups excluding carboxylic acids is 4. The van der Waals surface area contributed by atoms with Crippen LogP contribution in [0.15, 0.2) is 44.0 Å². The molecule has 1 aromatic heterocycles. The average molecular weight is 533 g/mol. The molecule has 11 heteroatoms. The van der Waals surface area contributed by atoms with Crippen molar-refractivity contribution < 1.29 is 42.5 Å². The quantitative estimate of drug-likeness (QED) is 0.351. The molecule has 0 amide bonds. The van der Waals surface area contributed by atoms with Gasteiger partial charge in [-0.2, -0.15) is 0 Å². The van der Waals surface area contributed by atoms with Crippen LogP contribution in [0, 0.1) is 0 Å². The number of fused-ring (bicyclic) bond motifs is 1. The van der Waals surface area contributed by atoms with Crippen LogP contribution in [0.25, 0.3) is 22.3 Å². The molecule has 0 bridgehead atoms. The van der Waals surface area contributed by atoms with Crippen molar-refractivity contribution in [2.24, 2.45) is 0 Å². The first-order valence-electron chi connectivity index (χ1n) is 9.65. The third kappa shape index (κ3) is 5.31. The molecule has 2 aromatic carbocycles. The van der Waals surface area contributed by atoms with Crippen LogP contribution in [0.5, 0.6) is 23.0 Å². The monoisotopic (exact) mass is 532 g/mol. The Bertz CT molecular complexity index is 1390. The van der Waals surface area contributed by atoms with E-state index in [0.29, 0.717) is 5.56 Å². The van der Waals surface area contributed by atoms with Gasteiger partial charge in [0.2, 0.25) is 11.2 Å². The summed E-state index contributed by atoms with van der Waals surface area (Å²) < 4.78 is 26.3. The predicted molar refractivity (Wildman–Crippen MR) is 121 cm³/mol. The third-order valence-electron chi connectivity index (χ3n) is 4.13. The van der Waals surface area contributed by atoms with E-state index in [1.807, 2.05) is 0 Å². The number of carbonyl (C=O) groups is 4. The normalized spacial score (nSPS) is 10.5. The highest BCUT2D eigenvalue weighted by molar-refractivity contribution is 9.10. The van der Waals surface area contributed by atoms with E-state index in [9.17, 15) is 24.0 Å². The highest BCUT2D eigenvalue weighted by Crippen LogP contribution is 2.45. The summed E-state index contributed by atoms with van der Waals surface area (Å²) in [5, 5.41) is -0.227. The summed E-state index contributed by atoms with van der Waals surface area (Å²) in [7, 11) is 0. The lowest BCUT2D eigenvalue weighted by Crippen LogP contribution is -2.14. The van der Waals surface area contributed by atoms with Crippen LogP contribution in [0.3, 0.4) is 0 Å². The summed E-state index contributed by atoms with van der Waals surface area (Å²) in [6.07, 6.45) is 0. The molecule has 0 spiro atoms. The van der Waals surface area contributed by atoms with Gasteiger partial charge >= 0.3 is 23.9 Å². The summed E-state index contributed by atoms with van der Waals surface area (Å²) in [6.45, 7) is 4.54. The van der Waals surface area contributed by atoms with Crippen molar-refractivity contribution in [1.29, 1.82) is 0 Å². The highest BCUT2D eigenvalue weighted by atomic mass is 79.9. The molecule has 0 aliphatic heterocycles. The van der Waals surface area contributed by atoms with Crippen LogP contribution >= 0.6 is 15.9 Å². The zero-order valence-electron chi connectivity index (χ0n) is 18.3. The van der Waals surface area contributed by atoms with Gasteiger partial charge < -0.3 is 23.4 Å². The average Bonchev–Trinajstić information content (AvgIpc) is 2.72. The summed E-state index contributed by atoms with van der Waals surface area (Å²) in [5.74, 6) is -3.68. The Morgan fingerprint density at radius 3 is 1.82 bits per heavy atom. The smallest absolute Gasteiger partial charge is 0.308 e. The fraction of sp³-hybridized carbons (Fsp3) is 0.174. The van der Waals surface area contributed by atoms with Gasteiger partial charge in [-0.1, -0.05) is 0 Å². The lowest BCUT2D eigenvalue weighted by Gasteiger charge is -2.16. The molecule has 0 aliphatic rings. The van der Waals surface area contributed by atoms with E-state index in [0.717, 1.165) is 20.8 Å². The van der Waals surface area contributed by atoms with Crippen molar-refractivity contribution in [3.05, 3.63) is 45.0 Å². The number of halogens is 1. The molecule has 3 rings (SSSR count). The van der Waals surface area contributed by atoms with E-state index >= 15 is 0 Å². The lowest BCUT2D eigenvalue weighted by molar-refractivity contribution is -0.135. The maximum Gasteiger partial charge on any atom is 0.308 e. The fourth-order valence-electron chi connectivity index (χ4n) is 3.00. The van der Waals surface area contributed by atoms with E-state index in [1.165, 1.54) is 25.1 Å². The SMILES string of the molecule is CC(=O)Oc1ccc(-c2oc3cc(OC(C)=O)c(OC(C)=O)c(OC(C)=O)c3c(=O)c2Br)cc1. The maximum absolute atomic E-state index is 13.3. The largest absolute Gasteiger partial charge is 0.454 e. The van der Waals surface area contributed by atoms with E-state index in [1.54, 1.807) is 12.1 Å². The van der Waals surface area contributed by atoms with Crippen LogP contribution < -0.4 is 24.4 Å². The van der Waals surface area contributed by atoms with Crippen molar-refractivity contribution in [1.82, 2.24) is 0 Å². The van der Waals surface area contributed by atoms with Gasteiger partial charge in [-0.3, -0.25) is 24.0 Å². The first-order valence-corrected chi connectivity index (χ1v) is 10.4. The topological polar surface area (TPSA) is 135 Å². The number of hydrogen-bond acceptors (Lipinski definition) is 10. The number of esters is 4. The molecular weight excluding hydrogens is 516 g/mol. The minimum absolute atomic E-state index is 0.0253. The zero-order chi connectivity index (χ0) is 25.2. The second kappa shape index (κ2) is 9.87. The summed E-state index contributed by atoms with van der Waals surface area (Å²) in [6, 6.07) is 7.30. The minimum Gasteiger partial charge on any atom is -0.454 e. The van der Waals surface area contributed by atoms with Crippen LogP contribution in [0.4, 0.5) is 0 Å². The molecule has 1 heterocycles. The van der Waals surface area contributed by atoms with Crippen LogP contribution in [-0.2, 0) is 19.2 Å². The van der Waals surface area contributed by atoms with Gasteiger partial charge in [0.15, 0.2) is 17.3 Å². The van der Waals surface area contributed by atoms with Gasteiger partial charge in [-0.05, 0) is 40.2 Å².